The molecule has 1 aromatic carbocycles. The van der Waals surface area contributed by atoms with Gasteiger partial charge in [0.2, 0.25) is 0 Å². The summed E-state index contributed by atoms with van der Waals surface area (Å²) < 4.78 is 0. The Kier molecular flexibility index (Phi) is 5.16. The molecule has 2 N–H and O–H groups in total. The summed E-state index contributed by atoms with van der Waals surface area (Å²) in [5.74, 6) is 0. The molecule has 2 rings (SSSR count). The third-order valence-electron chi connectivity index (χ3n) is 3.75. The molecule has 0 radical (unpaired) electrons. The van der Waals surface area contributed by atoms with Crippen LogP contribution >= 0.6 is 12.2 Å². The maximum Gasteiger partial charge on any atom is 0.106 e. The van der Waals surface area contributed by atoms with Crippen molar-refractivity contribution < 1.29 is 0 Å². The maximum absolute atomic E-state index is 5.78. The van der Waals surface area contributed by atoms with Crippen LogP contribution in [0.4, 0.5) is 5.69 Å². The molecule has 0 saturated carbocycles. The van der Waals surface area contributed by atoms with Crippen molar-refractivity contribution in [1.82, 2.24) is 4.90 Å². The second kappa shape index (κ2) is 6.87. The number of rotatable bonds is 6. The van der Waals surface area contributed by atoms with Gasteiger partial charge >= 0.3 is 0 Å². The molecule has 104 valence electrons. The Hall–Kier alpha value is -1.13. The number of hydrogen-bond acceptors (Lipinski definition) is 3. The van der Waals surface area contributed by atoms with Crippen LogP contribution in [0, 0.1) is 0 Å². The summed E-state index contributed by atoms with van der Waals surface area (Å²) in [7, 11) is 2.11. The highest BCUT2D eigenvalue weighted by molar-refractivity contribution is 7.80. The normalized spacial score (nSPS) is 15.6. The molecule has 3 nitrogen and oxygen atoms in total. The van der Waals surface area contributed by atoms with Crippen molar-refractivity contribution in [3.8, 4) is 0 Å². The largest absolute Gasteiger partial charge is 0.389 e. The fraction of sp³-hybridized carbons (Fsp3) is 0.533. The van der Waals surface area contributed by atoms with Gasteiger partial charge in [-0.05, 0) is 51.0 Å². The van der Waals surface area contributed by atoms with Crippen molar-refractivity contribution in [2.45, 2.75) is 19.3 Å². The fourth-order valence-electron chi connectivity index (χ4n) is 2.67. The van der Waals surface area contributed by atoms with Crippen molar-refractivity contribution in [3.05, 3.63) is 29.8 Å². The molecule has 0 unspecified atom stereocenters. The minimum absolute atomic E-state index is 0.474. The number of likely N-dealkylation sites (tertiary alicyclic amines) is 1. The van der Waals surface area contributed by atoms with Crippen LogP contribution in [-0.4, -0.2) is 43.1 Å². The Labute approximate surface area is 121 Å². The Morgan fingerprint density at radius 3 is 2.68 bits per heavy atom. The Balaban J connectivity index is 1.88. The van der Waals surface area contributed by atoms with E-state index in [2.05, 4.69) is 22.9 Å². The zero-order valence-electron chi connectivity index (χ0n) is 11.6. The van der Waals surface area contributed by atoms with Crippen molar-refractivity contribution >= 4 is 22.9 Å². The highest BCUT2D eigenvalue weighted by Crippen LogP contribution is 2.19. The Bertz CT molecular complexity index is 427. The average Bonchev–Trinajstić information content (AvgIpc) is 2.91. The first-order valence-corrected chi connectivity index (χ1v) is 7.41. The van der Waals surface area contributed by atoms with Crippen molar-refractivity contribution in [3.63, 3.8) is 0 Å². The van der Waals surface area contributed by atoms with E-state index in [-0.39, 0.29) is 0 Å². The monoisotopic (exact) mass is 277 g/mol. The SMILES string of the molecule is CN(CCCN1CCCC1)c1ccccc1C(N)=S. The lowest BCUT2D eigenvalue weighted by molar-refractivity contribution is 0.335. The molecule has 0 aromatic heterocycles. The zero-order valence-corrected chi connectivity index (χ0v) is 12.5. The molecule has 0 spiro atoms. The van der Waals surface area contributed by atoms with Crippen LogP contribution in [0.2, 0.25) is 0 Å². The number of anilines is 1. The molecule has 1 aliphatic rings. The second-order valence-electron chi connectivity index (χ2n) is 5.21. The number of nitrogens with zero attached hydrogens (tertiary/aromatic N) is 2. The number of para-hydroxylation sites is 1. The number of hydrogen-bond donors (Lipinski definition) is 1. The van der Waals surface area contributed by atoms with E-state index < -0.39 is 0 Å². The van der Waals surface area contributed by atoms with Crippen molar-refractivity contribution in [2.24, 2.45) is 5.73 Å². The van der Waals surface area contributed by atoms with Crippen molar-refractivity contribution in [1.29, 1.82) is 0 Å². The van der Waals surface area contributed by atoms with Crippen LogP contribution in [0.25, 0.3) is 0 Å². The molecule has 1 saturated heterocycles. The topological polar surface area (TPSA) is 32.5 Å². The molecular formula is C15H23N3S. The summed E-state index contributed by atoms with van der Waals surface area (Å²) >= 11 is 5.11. The first-order valence-electron chi connectivity index (χ1n) is 7.01. The highest BCUT2D eigenvalue weighted by atomic mass is 32.1. The molecule has 4 heteroatoms. The van der Waals surface area contributed by atoms with E-state index in [1.54, 1.807) is 0 Å². The van der Waals surface area contributed by atoms with E-state index in [0.717, 1.165) is 17.8 Å². The summed E-state index contributed by atoms with van der Waals surface area (Å²) in [4.78, 5) is 5.28. The number of thiocarbonyl (C=S) groups is 1. The van der Waals surface area contributed by atoms with E-state index in [1.807, 2.05) is 18.2 Å². The number of benzene rings is 1. The molecule has 1 aliphatic heterocycles. The third-order valence-corrected chi connectivity index (χ3v) is 3.97. The highest BCUT2D eigenvalue weighted by Gasteiger charge is 2.12. The van der Waals surface area contributed by atoms with Gasteiger partial charge < -0.3 is 15.5 Å². The Morgan fingerprint density at radius 2 is 2.00 bits per heavy atom. The molecule has 19 heavy (non-hydrogen) atoms. The first-order chi connectivity index (χ1) is 9.18. The van der Waals surface area contributed by atoms with Gasteiger partial charge in [0.25, 0.3) is 0 Å². The molecule has 0 bridgehead atoms. The average molecular weight is 277 g/mol. The molecule has 1 aromatic rings. The lowest BCUT2D eigenvalue weighted by atomic mass is 10.1. The van der Waals surface area contributed by atoms with Gasteiger partial charge in [0.15, 0.2) is 0 Å². The summed E-state index contributed by atoms with van der Waals surface area (Å²) in [6.07, 6.45) is 3.91. The van der Waals surface area contributed by atoms with Crippen LogP contribution in [0.15, 0.2) is 24.3 Å². The molecule has 0 aliphatic carbocycles. The quantitative estimate of drug-likeness (QED) is 0.808. The van der Waals surface area contributed by atoms with Gasteiger partial charge in [0, 0.05) is 24.8 Å². The smallest absolute Gasteiger partial charge is 0.106 e. The maximum atomic E-state index is 5.78. The van der Waals surface area contributed by atoms with Gasteiger partial charge in [0.05, 0.1) is 0 Å². The molecule has 0 atom stereocenters. The second-order valence-corrected chi connectivity index (χ2v) is 5.65. The molecular weight excluding hydrogens is 254 g/mol. The van der Waals surface area contributed by atoms with Crippen LogP contribution < -0.4 is 10.6 Å². The lowest BCUT2D eigenvalue weighted by Gasteiger charge is -2.23. The van der Waals surface area contributed by atoms with Gasteiger partial charge in [-0.1, -0.05) is 24.4 Å². The van der Waals surface area contributed by atoms with E-state index in [9.17, 15) is 0 Å². The standard InChI is InChI=1S/C15H23N3S/c1-17(9-6-12-18-10-4-5-11-18)14-8-3-2-7-13(14)15(16)19/h2-3,7-8H,4-6,9-12H2,1H3,(H2,16,19). The summed E-state index contributed by atoms with van der Waals surface area (Å²) in [5.41, 5.74) is 7.89. The van der Waals surface area contributed by atoms with Crippen LogP contribution in [0.5, 0.6) is 0 Å². The third kappa shape index (κ3) is 3.91. The minimum atomic E-state index is 0.474. The predicted octanol–water partition coefficient (Wildman–Crippen LogP) is 2.24. The number of nitrogens with two attached hydrogens (primary N) is 1. The van der Waals surface area contributed by atoms with Gasteiger partial charge in [-0.15, -0.1) is 0 Å². The Morgan fingerprint density at radius 1 is 1.32 bits per heavy atom. The summed E-state index contributed by atoms with van der Waals surface area (Å²) in [5, 5.41) is 0. The van der Waals surface area contributed by atoms with Gasteiger partial charge in [0.1, 0.15) is 4.99 Å². The van der Waals surface area contributed by atoms with Crippen molar-refractivity contribution in [2.75, 3.05) is 38.1 Å². The van der Waals surface area contributed by atoms with Crippen LogP contribution in [-0.2, 0) is 0 Å². The molecule has 1 heterocycles. The first kappa shape index (κ1) is 14.3. The predicted molar refractivity (Wildman–Crippen MR) is 85.9 cm³/mol. The summed E-state index contributed by atoms with van der Waals surface area (Å²) in [6, 6.07) is 8.10. The van der Waals surface area contributed by atoms with E-state index in [0.29, 0.717) is 4.99 Å². The molecule has 1 fully saturated rings. The van der Waals surface area contributed by atoms with Gasteiger partial charge in [-0.25, -0.2) is 0 Å². The van der Waals surface area contributed by atoms with Gasteiger partial charge in [-0.2, -0.15) is 0 Å². The van der Waals surface area contributed by atoms with E-state index in [1.165, 1.54) is 38.9 Å². The van der Waals surface area contributed by atoms with Gasteiger partial charge in [-0.3, -0.25) is 0 Å². The minimum Gasteiger partial charge on any atom is -0.389 e. The van der Waals surface area contributed by atoms with Crippen LogP contribution in [0.1, 0.15) is 24.8 Å². The fourth-order valence-corrected chi connectivity index (χ4v) is 2.85. The lowest BCUT2D eigenvalue weighted by Crippen LogP contribution is -2.27. The summed E-state index contributed by atoms with van der Waals surface area (Å²) in [6.45, 7) is 4.77. The zero-order chi connectivity index (χ0) is 13.7. The van der Waals surface area contributed by atoms with E-state index >= 15 is 0 Å². The van der Waals surface area contributed by atoms with Crippen LogP contribution in [0.3, 0.4) is 0 Å². The molecule has 0 amide bonds. The van der Waals surface area contributed by atoms with E-state index in [4.69, 9.17) is 18.0 Å².